The number of carbonyl (C=O) groups excluding carboxylic acids is 1. The molecule has 8 nitrogen and oxygen atoms in total. The maximum Gasteiger partial charge on any atom is 0.341 e. The highest BCUT2D eigenvalue weighted by Gasteiger charge is 2.19. The Kier molecular flexibility index (Phi) is 8.05. The van der Waals surface area contributed by atoms with Crippen LogP contribution in [0.25, 0.3) is 22.3 Å². The third kappa shape index (κ3) is 6.26. The highest BCUT2D eigenvalue weighted by molar-refractivity contribution is 6.03. The number of carbonyl (C=O) groups is 3. The van der Waals surface area contributed by atoms with Gasteiger partial charge in [0.05, 0.1) is 16.7 Å². The van der Waals surface area contributed by atoms with Crippen molar-refractivity contribution in [2.75, 3.05) is 6.79 Å². The first-order valence-electron chi connectivity index (χ1n) is 11.2. The standard InChI is InChI=1S/C29H22O8/c30-27(31)24-13-11-21(19-7-3-1-4-8-19)15-23(24)17-36-37-18-35-29(34)26-16-22(12-14-25(26)28(32)33)20-9-5-2-6-10-20/h1-16H,17-18H2,(H,30,31)(H,32,33). The molecule has 0 bridgehead atoms. The Morgan fingerprint density at radius 3 is 1.68 bits per heavy atom. The van der Waals surface area contributed by atoms with Gasteiger partial charge in [-0.25, -0.2) is 19.3 Å². The van der Waals surface area contributed by atoms with Gasteiger partial charge in [0.25, 0.3) is 0 Å². The zero-order valence-electron chi connectivity index (χ0n) is 19.5. The van der Waals surface area contributed by atoms with Crippen LogP contribution in [0.3, 0.4) is 0 Å². The number of esters is 1. The molecule has 4 rings (SSSR count). The van der Waals surface area contributed by atoms with Crippen molar-refractivity contribution in [1.82, 2.24) is 0 Å². The van der Waals surface area contributed by atoms with Gasteiger partial charge in [0, 0.05) is 0 Å². The average Bonchev–Trinajstić information content (AvgIpc) is 2.93. The van der Waals surface area contributed by atoms with Crippen LogP contribution in [0, 0.1) is 0 Å². The van der Waals surface area contributed by atoms with Crippen LogP contribution in [0.4, 0.5) is 0 Å². The molecule has 0 aromatic heterocycles. The Labute approximate surface area is 212 Å². The third-order valence-electron chi connectivity index (χ3n) is 5.56. The highest BCUT2D eigenvalue weighted by atomic mass is 17.2. The summed E-state index contributed by atoms with van der Waals surface area (Å²) >= 11 is 0. The molecule has 0 aliphatic carbocycles. The van der Waals surface area contributed by atoms with E-state index in [0.717, 1.165) is 16.7 Å². The molecule has 0 saturated heterocycles. The van der Waals surface area contributed by atoms with E-state index in [9.17, 15) is 24.6 Å². The van der Waals surface area contributed by atoms with Gasteiger partial charge < -0.3 is 14.9 Å². The Balaban J connectivity index is 1.40. The molecule has 0 radical (unpaired) electrons. The molecular weight excluding hydrogens is 476 g/mol. The predicted octanol–water partition coefficient (Wildman–Crippen LogP) is 5.68. The fourth-order valence-corrected chi connectivity index (χ4v) is 3.74. The van der Waals surface area contributed by atoms with E-state index in [1.54, 1.807) is 18.2 Å². The number of benzene rings is 4. The lowest BCUT2D eigenvalue weighted by Gasteiger charge is -2.11. The molecule has 186 valence electrons. The topological polar surface area (TPSA) is 119 Å². The van der Waals surface area contributed by atoms with E-state index in [2.05, 4.69) is 0 Å². The minimum atomic E-state index is -1.27. The SMILES string of the molecule is O=C(O)c1ccc(-c2ccccc2)cc1COOCOC(=O)c1cc(-c2ccccc2)ccc1C(=O)O. The van der Waals surface area contributed by atoms with Gasteiger partial charge in [0.2, 0.25) is 6.79 Å². The first-order valence-corrected chi connectivity index (χ1v) is 11.2. The molecular formula is C29H22O8. The Hall–Kier alpha value is -4.79. The maximum atomic E-state index is 12.6. The normalized spacial score (nSPS) is 10.6. The summed E-state index contributed by atoms with van der Waals surface area (Å²) in [4.78, 5) is 45.9. The summed E-state index contributed by atoms with van der Waals surface area (Å²) in [6.07, 6.45) is 0. The summed E-state index contributed by atoms with van der Waals surface area (Å²) in [6, 6.07) is 27.9. The van der Waals surface area contributed by atoms with Crippen LogP contribution in [0.1, 0.15) is 36.6 Å². The van der Waals surface area contributed by atoms with Crippen molar-refractivity contribution in [3.05, 3.63) is 119 Å². The van der Waals surface area contributed by atoms with E-state index in [0.29, 0.717) is 11.1 Å². The van der Waals surface area contributed by atoms with Gasteiger partial charge in [-0.05, 0) is 52.1 Å². The van der Waals surface area contributed by atoms with Gasteiger partial charge in [-0.1, -0.05) is 72.8 Å². The fourth-order valence-electron chi connectivity index (χ4n) is 3.74. The number of ether oxygens (including phenoxy) is 1. The Morgan fingerprint density at radius 2 is 1.11 bits per heavy atom. The van der Waals surface area contributed by atoms with E-state index < -0.39 is 24.7 Å². The number of hydrogen-bond donors (Lipinski definition) is 2. The summed E-state index contributed by atoms with van der Waals surface area (Å²) in [5, 5.41) is 19.0. The van der Waals surface area contributed by atoms with Crippen LogP contribution in [0.15, 0.2) is 97.1 Å². The molecule has 0 atom stereocenters. The molecule has 8 heteroatoms. The van der Waals surface area contributed by atoms with E-state index in [4.69, 9.17) is 14.5 Å². The number of carboxylic acid groups (broad SMARTS) is 2. The van der Waals surface area contributed by atoms with Crippen molar-refractivity contribution >= 4 is 17.9 Å². The average molecular weight is 498 g/mol. The van der Waals surface area contributed by atoms with Crippen LogP contribution in [-0.4, -0.2) is 34.9 Å². The van der Waals surface area contributed by atoms with Crippen LogP contribution in [0.5, 0.6) is 0 Å². The van der Waals surface area contributed by atoms with Gasteiger partial charge in [-0.15, -0.1) is 0 Å². The van der Waals surface area contributed by atoms with Crippen LogP contribution in [0.2, 0.25) is 0 Å². The van der Waals surface area contributed by atoms with Crippen molar-refractivity contribution in [3.63, 3.8) is 0 Å². The molecule has 2 N–H and O–H groups in total. The second-order valence-corrected chi connectivity index (χ2v) is 7.90. The van der Waals surface area contributed by atoms with Gasteiger partial charge in [-0.2, -0.15) is 4.89 Å². The van der Waals surface area contributed by atoms with E-state index in [-0.39, 0.29) is 23.3 Å². The van der Waals surface area contributed by atoms with E-state index >= 15 is 0 Å². The zero-order chi connectivity index (χ0) is 26.2. The van der Waals surface area contributed by atoms with Gasteiger partial charge in [0.15, 0.2) is 0 Å². The van der Waals surface area contributed by atoms with E-state index in [1.807, 2.05) is 60.7 Å². The molecule has 0 unspecified atom stereocenters. The summed E-state index contributed by atoms with van der Waals surface area (Å²) in [5.74, 6) is -3.30. The monoisotopic (exact) mass is 498 g/mol. The number of rotatable bonds is 10. The molecule has 0 amide bonds. The number of hydrogen-bond acceptors (Lipinski definition) is 6. The van der Waals surface area contributed by atoms with Crippen LogP contribution >= 0.6 is 0 Å². The predicted molar refractivity (Wildman–Crippen MR) is 134 cm³/mol. The lowest BCUT2D eigenvalue weighted by molar-refractivity contribution is -0.335. The first-order chi connectivity index (χ1) is 17.9. The van der Waals surface area contributed by atoms with Crippen LogP contribution in [-0.2, 0) is 21.1 Å². The van der Waals surface area contributed by atoms with E-state index in [1.165, 1.54) is 18.2 Å². The molecule has 0 fully saturated rings. The molecule has 0 saturated carbocycles. The van der Waals surface area contributed by atoms with Crippen molar-refractivity contribution in [3.8, 4) is 22.3 Å². The molecule has 0 aliphatic rings. The molecule has 0 aliphatic heterocycles. The summed E-state index contributed by atoms with van der Waals surface area (Å²) in [7, 11) is 0. The summed E-state index contributed by atoms with van der Waals surface area (Å²) in [5.41, 5.74) is 3.22. The Morgan fingerprint density at radius 1 is 0.568 bits per heavy atom. The summed E-state index contributed by atoms with van der Waals surface area (Å²) < 4.78 is 5.05. The number of carboxylic acids is 2. The zero-order valence-corrected chi connectivity index (χ0v) is 19.5. The second-order valence-electron chi connectivity index (χ2n) is 7.90. The van der Waals surface area contributed by atoms with Crippen LogP contribution < -0.4 is 0 Å². The molecule has 0 heterocycles. The quantitative estimate of drug-likeness (QED) is 0.0942. The largest absolute Gasteiger partial charge is 0.478 e. The highest BCUT2D eigenvalue weighted by Crippen LogP contribution is 2.25. The molecule has 4 aromatic carbocycles. The van der Waals surface area contributed by atoms with Gasteiger partial charge in [-0.3, -0.25) is 0 Å². The number of aromatic carboxylic acids is 2. The van der Waals surface area contributed by atoms with Gasteiger partial charge >= 0.3 is 17.9 Å². The lowest BCUT2D eigenvalue weighted by Crippen LogP contribution is -2.14. The minimum Gasteiger partial charge on any atom is -0.478 e. The fraction of sp³-hybridized carbons (Fsp3) is 0.0690. The smallest absolute Gasteiger partial charge is 0.341 e. The minimum absolute atomic E-state index is 0.0455. The second kappa shape index (κ2) is 11.8. The lowest BCUT2D eigenvalue weighted by atomic mass is 9.99. The maximum absolute atomic E-state index is 12.6. The molecule has 37 heavy (non-hydrogen) atoms. The van der Waals surface area contributed by atoms with Crippen molar-refractivity contribution in [1.29, 1.82) is 0 Å². The van der Waals surface area contributed by atoms with Crippen molar-refractivity contribution in [2.24, 2.45) is 0 Å². The molecule has 4 aromatic rings. The van der Waals surface area contributed by atoms with Gasteiger partial charge in [0.1, 0.15) is 6.61 Å². The third-order valence-corrected chi connectivity index (χ3v) is 5.56. The summed E-state index contributed by atoms with van der Waals surface area (Å²) in [6.45, 7) is -0.849. The molecule has 0 spiro atoms. The Bertz CT molecular complexity index is 1410. The van der Waals surface area contributed by atoms with Crippen molar-refractivity contribution < 1.29 is 39.1 Å². The first kappa shape index (κ1) is 25.3. The van der Waals surface area contributed by atoms with Crippen molar-refractivity contribution in [2.45, 2.75) is 6.61 Å².